The number of benzene rings is 1. The average molecular weight is 356 g/mol. The number of anilines is 1. The Morgan fingerprint density at radius 1 is 1.44 bits per heavy atom. The minimum absolute atomic E-state index is 0.359. The van der Waals surface area contributed by atoms with Crippen LogP contribution in [0, 0.1) is 0 Å². The van der Waals surface area contributed by atoms with Crippen LogP contribution in [0.2, 0.25) is 10.0 Å². The maximum atomic E-state index is 6.07. The fourth-order valence-corrected chi connectivity index (χ4v) is 2.45. The molecule has 8 heteroatoms. The standard InChI is InChI=1S/C10H13BrCl2N4O/c1-18-3-2-15-10(17-14)16-9-7(12)4-6(11)5-8(9)13/h4-5H,2-3,14H2,1H3,(H2,15,16,17). The summed E-state index contributed by atoms with van der Waals surface area (Å²) in [4.78, 5) is 4.15. The molecule has 0 radical (unpaired) electrons. The molecule has 0 aliphatic rings. The Kier molecular flexibility index (Phi) is 6.73. The lowest BCUT2D eigenvalue weighted by Gasteiger charge is -2.12. The zero-order chi connectivity index (χ0) is 13.5. The normalized spacial score (nSPS) is 11.5. The summed E-state index contributed by atoms with van der Waals surface area (Å²) in [5.41, 5.74) is 2.97. The zero-order valence-electron chi connectivity index (χ0n) is 9.64. The van der Waals surface area contributed by atoms with Crippen LogP contribution in [0.5, 0.6) is 0 Å². The van der Waals surface area contributed by atoms with Crippen molar-refractivity contribution in [2.24, 2.45) is 10.8 Å². The summed E-state index contributed by atoms with van der Waals surface area (Å²) in [6.07, 6.45) is 0. The van der Waals surface area contributed by atoms with Gasteiger partial charge in [0.05, 0.1) is 28.9 Å². The van der Waals surface area contributed by atoms with Crippen LogP contribution in [-0.4, -0.2) is 26.2 Å². The first kappa shape index (κ1) is 15.5. The van der Waals surface area contributed by atoms with E-state index in [0.717, 1.165) is 4.47 Å². The van der Waals surface area contributed by atoms with Gasteiger partial charge in [-0.1, -0.05) is 39.1 Å². The molecule has 1 aromatic rings. The van der Waals surface area contributed by atoms with Gasteiger partial charge < -0.3 is 10.1 Å². The highest BCUT2D eigenvalue weighted by molar-refractivity contribution is 9.10. The van der Waals surface area contributed by atoms with E-state index >= 15 is 0 Å². The molecule has 0 fully saturated rings. The monoisotopic (exact) mass is 354 g/mol. The van der Waals surface area contributed by atoms with Gasteiger partial charge in [0.15, 0.2) is 0 Å². The highest BCUT2D eigenvalue weighted by atomic mass is 79.9. The van der Waals surface area contributed by atoms with Gasteiger partial charge in [-0.2, -0.15) is 0 Å². The largest absolute Gasteiger partial charge is 0.383 e. The third-order valence-electron chi connectivity index (χ3n) is 1.95. The number of hydrogen-bond donors (Lipinski definition) is 3. The van der Waals surface area contributed by atoms with Gasteiger partial charge in [-0.05, 0) is 12.1 Å². The van der Waals surface area contributed by atoms with Crippen LogP contribution >= 0.6 is 39.1 Å². The summed E-state index contributed by atoms with van der Waals surface area (Å²) in [6, 6.07) is 3.44. The quantitative estimate of drug-likeness (QED) is 0.255. The van der Waals surface area contributed by atoms with E-state index in [2.05, 4.69) is 31.7 Å². The Morgan fingerprint density at radius 2 is 2.06 bits per heavy atom. The molecule has 0 atom stereocenters. The molecule has 0 heterocycles. The minimum Gasteiger partial charge on any atom is -0.383 e. The van der Waals surface area contributed by atoms with E-state index in [1.54, 1.807) is 19.2 Å². The lowest BCUT2D eigenvalue weighted by Crippen LogP contribution is -2.36. The predicted octanol–water partition coefficient (Wildman–Crippen LogP) is 2.63. The van der Waals surface area contributed by atoms with E-state index in [9.17, 15) is 0 Å². The van der Waals surface area contributed by atoms with Gasteiger partial charge in [-0.25, -0.2) is 10.8 Å². The molecule has 5 nitrogen and oxygen atoms in total. The molecular formula is C10H13BrCl2N4O. The molecule has 0 amide bonds. The lowest BCUT2D eigenvalue weighted by atomic mass is 10.3. The number of nitrogens with zero attached hydrogens (tertiary/aromatic N) is 1. The van der Waals surface area contributed by atoms with Crippen LogP contribution in [-0.2, 0) is 4.74 Å². The maximum Gasteiger partial charge on any atom is 0.210 e. The predicted molar refractivity (Wildman–Crippen MR) is 79.3 cm³/mol. The summed E-state index contributed by atoms with van der Waals surface area (Å²) in [7, 11) is 1.60. The van der Waals surface area contributed by atoms with Crippen molar-refractivity contribution < 1.29 is 4.74 Å². The number of guanidine groups is 1. The fraction of sp³-hybridized carbons (Fsp3) is 0.300. The van der Waals surface area contributed by atoms with Crippen molar-refractivity contribution in [1.29, 1.82) is 0 Å². The van der Waals surface area contributed by atoms with Crippen molar-refractivity contribution >= 4 is 50.8 Å². The van der Waals surface area contributed by atoms with Crippen LogP contribution in [0.25, 0.3) is 0 Å². The van der Waals surface area contributed by atoms with E-state index in [1.165, 1.54) is 0 Å². The van der Waals surface area contributed by atoms with Gasteiger partial charge >= 0.3 is 0 Å². The number of hydrogen-bond acceptors (Lipinski definition) is 3. The molecule has 18 heavy (non-hydrogen) atoms. The van der Waals surface area contributed by atoms with Crippen LogP contribution in [0.3, 0.4) is 0 Å². The smallest absolute Gasteiger partial charge is 0.210 e. The number of rotatable bonds is 4. The Hall–Kier alpha value is -0.530. The summed E-state index contributed by atoms with van der Waals surface area (Å²) in [5.74, 6) is 5.71. The third-order valence-corrected chi connectivity index (χ3v) is 3.01. The van der Waals surface area contributed by atoms with Crippen LogP contribution in [0.1, 0.15) is 0 Å². The first-order chi connectivity index (χ1) is 8.58. The summed E-state index contributed by atoms with van der Waals surface area (Å²) < 4.78 is 5.68. The van der Waals surface area contributed by atoms with Crippen LogP contribution < -0.4 is 16.6 Å². The summed E-state index contributed by atoms with van der Waals surface area (Å²) >= 11 is 15.4. The van der Waals surface area contributed by atoms with E-state index in [0.29, 0.717) is 34.8 Å². The third kappa shape index (κ3) is 4.62. The number of halogens is 3. The van der Waals surface area contributed by atoms with E-state index < -0.39 is 0 Å². The molecule has 0 bridgehead atoms. The van der Waals surface area contributed by atoms with Crippen molar-refractivity contribution in [3.63, 3.8) is 0 Å². The topological polar surface area (TPSA) is 71.7 Å². The van der Waals surface area contributed by atoms with Crippen molar-refractivity contribution in [2.75, 3.05) is 25.6 Å². The molecular weight excluding hydrogens is 343 g/mol. The Bertz CT molecular complexity index is 419. The number of hydrazine groups is 1. The highest BCUT2D eigenvalue weighted by Crippen LogP contribution is 2.33. The molecule has 0 aromatic heterocycles. The molecule has 1 aromatic carbocycles. The van der Waals surface area contributed by atoms with Gasteiger partial charge in [0.25, 0.3) is 0 Å². The maximum absolute atomic E-state index is 6.07. The fourth-order valence-electron chi connectivity index (χ4n) is 1.15. The SMILES string of the molecule is COCCN=C(NN)Nc1c(Cl)cc(Br)cc1Cl. The van der Waals surface area contributed by atoms with Gasteiger partial charge in [-0.3, -0.25) is 5.43 Å². The van der Waals surface area contributed by atoms with Crippen molar-refractivity contribution in [3.8, 4) is 0 Å². The van der Waals surface area contributed by atoms with Gasteiger partial charge in [0, 0.05) is 11.6 Å². The number of nitrogens with one attached hydrogen (secondary N) is 2. The van der Waals surface area contributed by atoms with E-state index in [1.807, 2.05) is 0 Å². The first-order valence-corrected chi connectivity index (χ1v) is 6.55. The zero-order valence-corrected chi connectivity index (χ0v) is 12.7. The Morgan fingerprint density at radius 3 is 2.56 bits per heavy atom. The second-order valence-electron chi connectivity index (χ2n) is 3.24. The minimum atomic E-state index is 0.359. The molecule has 100 valence electrons. The Balaban J connectivity index is 2.85. The van der Waals surface area contributed by atoms with Gasteiger partial charge in [0.2, 0.25) is 5.96 Å². The molecule has 1 rings (SSSR count). The summed E-state index contributed by atoms with van der Waals surface area (Å²) in [6.45, 7) is 0.962. The Labute approximate surface area is 124 Å². The van der Waals surface area contributed by atoms with Crippen LogP contribution in [0.15, 0.2) is 21.6 Å². The van der Waals surface area contributed by atoms with Crippen molar-refractivity contribution in [3.05, 3.63) is 26.7 Å². The summed E-state index contributed by atoms with van der Waals surface area (Å²) in [5, 5.41) is 3.85. The van der Waals surface area contributed by atoms with Crippen molar-refractivity contribution in [2.45, 2.75) is 0 Å². The highest BCUT2D eigenvalue weighted by Gasteiger charge is 2.09. The second-order valence-corrected chi connectivity index (χ2v) is 4.97. The second kappa shape index (κ2) is 7.81. The van der Waals surface area contributed by atoms with Gasteiger partial charge in [0.1, 0.15) is 0 Å². The van der Waals surface area contributed by atoms with Crippen LogP contribution in [0.4, 0.5) is 5.69 Å². The molecule has 0 unspecified atom stereocenters. The van der Waals surface area contributed by atoms with Gasteiger partial charge in [-0.15, -0.1) is 0 Å². The molecule has 0 saturated carbocycles. The number of methoxy groups -OCH3 is 1. The molecule has 0 aliphatic carbocycles. The number of nitrogens with two attached hydrogens (primary N) is 1. The lowest BCUT2D eigenvalue weighted by molar-refractivity contribution is 0.208. The first-order valence-electron chi connectivity index (χ1n) is 5.00. The molecule has 4 N–H and O–H groups in total. The molecule has 0 spiro atoms. The molecule has 0 saturated heterocycles. The van der Waals surface area contributed by atoms with E-state index in [-0.39, 0.29) is 0 Å². The van der Waals surface area contributed by atoms with Crippen molar-refractivity contribution in [1.82, 2.24) is 5.43 Å². The number of aliphatic imine (C=N–C) groups is 1. The number of ether oxygens (including phenoxy) is 1. The average Bonchev–Trinajstić information content (AvgIpc) is 2.31. The molecule has 0 aliphatic heterocycles. The van der Waals surface area contributed by atoms with E-state index in [4.69, 9.17) is 33.8 Å².